The van der Waals surface area contributed by atoms with Crippen molar-refractivity contribution < 1.29 is 4.52 Å². The normalized spacial score (nSPS) is 10.8. The van der Waals surface area contributed by atoms with E-state index in [0.29, 0.717) is 24.7 Å². The van der Waals surface area contributed by atoms with E-state index in [1.54, 1.807) is 0 Å². The zero-order valence-electron chi connectivity index (χ0n) is 11.9. The van der Waals surface area contributed by atoms with Gasteiger partial charge in [0.2, 0.25) is 0 Å². The molecular weight excluding hydrogens is 262 g/mol. The quantitative estimate of drug-likeness (QED) is 0.797. The maximum absolute atomic E-state index is 5.59. The molecule has 0 atom stereocenters. The molecule has 0 amide bonds. The van der Waals surface area contributed by atoms with Crippen molar-refractivity contribution in [1.82, 2.24) is 10.1 Å². The molecule has 0 bridgehead atoms. The van der Waals surface area contributed by atoms with Crippen LogP contribution in [0.1, 0.15) is 22.5 Å². The Bertz CT molecular complexity index is 732. The fourth-order valence-corrected chi connectivity index (χ4v) is 2.21. The minimum atomic E-state index is 0.530. The zero-order valence-corrected chi connectivity index (χ0v) is 11.9. The standard InChI is InChI=1S/C17H17N3O/c1-12-4-2-3-5-15(12)10-16-19-17(21-20-16)14-8-6-13(11-18)7-9-14/h2-9H,10-11,18H2,1H3. The molecule has 106 valence electrons. The highest BCUT2D eigenvalue weighted by Gasteiger charge is 2.10. The van der Waals surface area contributed by atoms with Gasteiger partial charge in [0, 0.05) is 18.5 Å². The minimum Gasteiger partial charge on any atom is -0.334 e. The van der Waals surface area contributed by atoms with Crippen molar-refractivity contribution in [3.63, 3.8) is 0 Å². The number of nitrogens with zero attached hydrogens (tertiary/aromatic N) is 2. The Morgan fingerprint density at radius 1 is 1.05 bits per heavy atom. The molecule has 2 aromatic carbocycles. The van der Waals surface area contributed by atoms with Gasteiger partial charge in [-0.1, -0.05) is 41.6 Å². The lowest BCUT2D eigenvalue weighted by molar-refractivity contribution is 0.424. The zero-order chi connectivity index (χ0) is 14.7. The predicted molar refractivity (Wildman–Crippen MR) is 81.6 cm³/mol. The van der Waals surface area contributed by atoms with Crippen LogP contribution in [0.15, 0.2) is 53.1 Å². The summed E-state index contributed by atoms with van der Waals surface area (Å²) in [7, 11) is 0. The van der Waals surface area contributed by atoms with Crippen molar-refractivity contribution in [1.29, 1.82) is 0 Å². The number of aromatic nitrogens is 2. The van der Waals surface area contributed by atoms with Gasteiger partial charge >= 0.3 is 0 Å². The summed E-state index contributed by atoms with van der Waals surface area (Å²) in [6.45, 7) is 2.62. The van der Waals surface area contributed by atoms with Crippen molar-refractivity contribution in [3.8, 4) is 11.5 Å². The van der Waals surface area contributed by atoms with Gasteiger partial charge in [-0.2, -0.15) is 4.98 Å². The SMILES string of the molecule is Cc1ccccc1Cc1noc(-c2ccc(CN)cc2)n1. The lowest BCUT2D eigenvalue weighted by Gasteiger charge is -2.00. The van der Waals surface area contributed by atoms with Crippen molar-refractivity contribution in [2.24, 2.45) is 5.73 Å². The number of hydrogen-bond acceptors (Lipinski definition) is 4. The van der Waals surface area contributed by atoms with Crippen LogP contribution in [0.25, 0.3) is 11.5 Å². The second-order valence-electron chi connectivity index (χ2n) is 5.02. The fourth-order valence-electron chi connectivity index (χ4n) is 2.21. The highest BCUT2D eigenvalue weighted by atomic mass is 16.5. The smallest absolute Gasteiger partial charge is 0.257 e. The van der Waals surface area contributed by atoms with E-state index >= 15 is 0 Å². The van der Waals surface area contributed by atoms with Gasteiger partial charge in [-0.05, 0) is 35.7 Å². The highest BCUT2D eigenvalue weighted by molar-refractivity contribution is 5.53. The maximum atomic E-state index is 5.59. The Morgan fingerprint density at radius 3 is 2.52 bits per heavy atom. The Hall–Kier alpha value is -2.46. The van der Waals surface area contributed by atoms with Crippen molar-refractivity contribution in [2.45, 2.75) is 19.9 Å². The molecule has 21 heavy (non-hydrogen) atoms. The molecule has 0 aliphatic rings. The van der Waals surface area contributed by atoms with Crippen molar-refractivity contribution in [3.05, 3.63) is 71.0 Å². The Kier molecular flexibility index (Phi) is 3.79. The highest BCUT2D eigenvalue weighted by Crippen LogP contribution is 2.19. The van der Waals surface area contributed by atoms with Gasteiger partial charge in [-0.25, -0.2) is 0 Å². The van der Waals surface area contributed by atoms with E-state index in [4.69, 9.17) is 10.3 Å². The summed E-state index contributed by atoms with van der Waals surface area (Å²) in [5.74, 6) is 1.24. The molecule has 4 nitrogen and oxygen atoms in total. The average molecular weight is 279 g/mol. The monoisotopic (exact) mass is 279 g/mol. The van der Waals surface area contributed by atoms with Gasteiger partial charge in [0.15, 0.2) is 5.82 Å². The number of hydrogen-bond donors (Lipinski definition) is 1. The first kappa shape index (κ1) is 13.5. The first-order chi connectivity index (χ1) is 10.3. The molecule has 0 radical (unpaired) electrons. The fraction of sp³-hybridized carbons (Fsp3) is 0.176. The van der Waals surface area contributed by atoms with E-state index in [2.05, 4.69) is 29.2 Å². The predicted octanol–water partition coefficient (Wildman–Crippen LogP) is 3.09. The molecule has 0 aliphatic carbocycles. The van der Waals surface area contributed by atoms with Gasteiger partial charge in [0.1, 0.15) is 0 Å². The second kappa shape index (κ2) is 5.89. The lowest BCUT2D eigenvalue weighted by atomic mass is 10.1. The minimum absolute atomic E-state index is 0.530. The van der Waals surface area contributed by atoms with E-state index in [-0.39, 0.29) is 0 Å². The van der Waals surface area contributed by atoms with Crippen LogP contribution in [0.4, 0.5) is 0 Å². The molecule has 1 heterocycles. The first-order valence-electron chi connectivity index (χ1n) is 6.93. The van der Waals surface area contributed by atoms with Gasteiger partial charge in [0.05, 0.1) is 0 Å². The first-order valence-corrected chi connectivity index (χ1v) is 6.93. The molecule has 3 rings (SSSR count). The molecule has 0 saturated heterocycles. The molecule has 0 unspecified atom stereocenters. The number of rotatable bonds is 4. The summed E-state index contributed by atoms with van der Waals surface area (Å²) < 4.78 is 5.34. The van der Waals surface area contributed by atoms with Crippen LogP contribution in [0, 0.1) is 6.92 Å². The van der Waals surface area contributed by atoms with Crippen LogP contribution in [0.5, 0.6) is 0 Å². The van der Waals surface area contributed by atoms with E-state index < -0.39 is 0 Å². The second-order valence-corrected chi connectivity index (χ2v) is 5.02. The third-order valence-corrected chi connectivity index (χ3v) is 3.51. The molecule has 4 heteroatoms. The largest absolute Gasteiger partial charge is 0.334 e. The van der Waals surface area contributed by atoms with Crippen LogP contribution in [-0.4, -0.2) is 10.1 Å². The van der Waals surface area contributed by atoms with Gasteiger partial charge in [-0.3, -0.25) is 0 Å². The molecule has 0 saturated carbocycles. The van der Waals surface area contributed by atoms with Crippen LogP contribution in [0.3, 0.4) is 0 Å². The molecule has 0 spiro atoms. The summed E-state index contributed by atoms with van der Waals surface area (Å²) in [4.78, 5) is 4.46. The Balaban J connectivity index is 1.81. The van der Waals surface area contributed by atoms with Crippen molar-refractivity contribution in [2.75, 3.05) is 0 Å². The van der Waals surface area contributed by atoms with Crippen LogP contribution in [0.2, 0.25) is 0 Å². The maximum Gasteiger partial charge on any atom is 0.257 e. The topological polar surface area (TPSA) is 64.9 Å². The number of benzene rings is 2. The van der Waals surface area contributed by atoms with Crippen molar-refractivity contribution >= 4 is 0 Å². The molecule has 0 aliphatic heterocycles. The summed E-state index contributed by atoms with van der Waals surface area (Å²) in [5, 5.41) is 4.06. The molecule has 1 aromatic heterocycles. The van der Waals surface area contributed by atoms with E-state index in [1.165, 1.54) is 11.1 Å². The summed E-state index contributed by atoms with van der Waals surface area (Å²) >= 11 is 0. The van der Waals surface area contributed by atoms with Gasteiger partial charge in [0.25, 0.3) is 5.89 Å². The Morgan fingerprint density at radius 2 is 1.81 bits per heavy atom. The van der Waals surface area contributed by atoms with Crippen LogP contribution >= 0.6 is 0 Å². The number of nitrogens with two attached hydrogens (primary N) is 1. The van der Waals surface area contributed by atoms with Crippen LogP contribution in [-0.2, 0) is 13.0 Å². The number of aryl methyl sites for hydroxylation is 1. The lowest BCUT2D eigenvalue weighted by Crippen LogP contribution is -1.95. The summed E-state index contributed by atoms with van der Waals surface area (Å²) in [5.41, 5.74) is 10.0. The summed E-state index contributed by atoms with van der Waals surface area (Å²) in [6, 6.07) is 16.1. The molecule has 3 aromatic rings. The van der Waals surface area contributed by atoms with E-state index in [9.17, 15) is 0 Å². The van der Waals surface area contributed by atoms with Gasteiger partial charge < -0.3 is 10.3 Å². The third-order valence-electron chi connectivity index (χ3n) is 3.51. The third kappa shape index (κ3) is 3.01. The van der Waals surface area contributed by atoms with Crippen LogP contribution < -0.4 is 5.73 Å². The molecular formula is C17H17N3O. The summed E-state index contributed by atoms with van der Waals surface area (Å²) in [6.07, 6.45) is 0.678. The van der Waals surface area contributed by atoms with Gasteiger partial charge in [-0.15, -0.1) is 0 Å². The average Bonchev–Trinajstić information content (AvgIpc) is 2.98. The van der Waals surface area contributed by atoms with E-state index in [0.717, 1.165) is 11.1 Å². The van der Waals surface area contributed by atoms with E-state index in [1.807, 2.05) is 36.4 Å². The molecule has 0 fully saturated rings. The molecule has 2 N–H and O–H groups in total. The Labute approximate surface area is 123 Å².